The van der Waals surface area contributed by atoms with E-state index in [0.717, 1.165) is 0 Å². The predicted molar refractivity (Wildman–Crippen MR) is 7.81 cm³/mol. The molecule has 0 heterocycles. The molecule has 3 nitrogen and oxygen atoms in total. The Morgan fingerprint density at radius 3 is 1.00 bits per heavy atom. The van der Waals surface area contributed by atoms with E-state index in [-0.39, 0.29) is 28.3 Å². The fourth-order valence-electron chi connectivity index (χ4n) is 0. The van der Waals surface area contributed by atoms with Crippen LogP contribution in [0.3, 0.4) is 0 Å². The molecule has 5 heavy (non-hydrogen) atoms. The van der Waals surface area contributed by atoms with Crippen molar-refractivity contribution in [3.63, 3.8) is 0 Å². The molecule has 0 saturated heterocycles. The molecule has 29 valence electrons. The van der Waals surface area contributed by atoms with E-state index in [0.29, 0.717) is 23.0 Å². The van der Waals surface area contributed by atoms with Gasteiger partial charge < -0.3 is 11.0 Å². The normalized spacial score (nSPS) is 0.800. The first-order chi connectivity index (χ1) is 1.00. The fourth-order valence-corrected chi connectivity index (χ4v) is 0. The Kier molecular flexibility index (Phi) is 534. The van der Waals surface area contributed by atoms with Crippen molar-refractivity contribution in [1.82, 2.24) is 0 Å². The van der Waals surface area contributed by atoms with Gasteiger partial charge in [0.25, 0.3) is 0 Å². The molecule has 0 unspecified atom stereocenters. The van der Waals surface area contributed by atoms with Gasteiger partial charge in [-0.15, -0.1) is 0 Å². The van der Waals surface area contributed by atoms with Crippen LogP contribution in [0.1, 0.15) is 0 Å². The van der Waals surface area contributed by atoms with Crippen molar-refractivity contribution >= 4 is 23.0 Å². The first kappa shape index (κ1) is 36.4. The van der Waals surface area contributed by atoms with Crippen molar-refractivity contribution in [2.45, 2.75) is 0 Å². The molecule has 0 aromatic rings. The van der Waals surface area contributed by atoms with Crippen LogP contribution in [0, 0.1) is 0 Å². The summed E-state index contributed by atoms with van der Waals surface area (Å²) >= 11 is 0.500. The van der Waals surface area contributed by atoms with Crippen LogP contribution < -0.4 is 0 Å². The second kappa shape index (κ2) is 73.3. The molecule has 0 atom stereocenters. The molecule has 0 bridgehead atoms. The molecule has 0 fully saturated rings. The summed E-state index contributed by atoms with van der Waals surface area (Å²) in [5, 5.41) is 0. The van der Waals surface area contributed by atoms with Crippen LogP contribution in [0.2, 0.25) is 0 Å². The molecule has 0 aromatic carbocycles. The SMILES string of the molecule is [Cr+3].[O-2].[O-2].[O]=[Sb+]. The average Bonchev–Trinajstić information content (AvgIpc) is 1.00. The van der Waals surface area contributed by atoms with Crippen molar-refractivity contribution in [3.05, 3.63) is 0 Å². The van der Waals surface area contributed by atoms with Crippen LogP contribution in [0.4, 0.5) is 0 Å². The summed E-state index contributed by atoms with van der Waals surface area (Å²) in [6, 6.07) is 0. The maximum absolute atomic E-state index is 8.30. The Labute approximate surface area is 54.4 Å². The molecule has 0 aromatic heterocycles. The Morgan fingerprint density at radius 2 is 1.00 bits per heavy atom. The minimum absolute atomic E-state index is 0. The van der Waals surface area contributed by atoms with E-state index in [1.807, 2.05) is 0 Å². The number of hydrogen-bond donors (Lipinski definition) is 0. The Balaban J connectivity index is -0.00000000167. The third kappa shape index (κ3) is 41.7. The molecule has 5 heteroatoms. The van der Waals surface area contributed by atoms with Crippen LogP contribution in [-0.4, -0.2) is 23.0 Å². The van der Waals surface area contributed by atoms with Gasteiger partial charge in [-0.25, -0.2) is 0 Å². The molecular weight excluding hydrogens is 222 g/mol. The predicted octanol–water partition coefficient (Wildman–Crippen LogP) is -0.740. The van der Waals surface area contributed by atoms with Gasteiger partial charge in [0.2, 0.25) is 0 Å². The van der Waals surface area contributed by atoms with Gasteiger partial charge in [0.05, 0.1) is 0 Å². The van der Waals surface area contributed by atoms with Gasteiger partial charge in [-0.1, -0.05) is 0 Å². The number of hydrogen-bond acceptors (Lipinski definition) is 1. The average molecular weight is 222 g/mol. The molecule has 0 rings (SSSR count). The van der Waals surface area contributed by atoms with E-state index in [1.54, 1.807) is 0 Å². The summed E-state index contributed by atoms with van der Waals surface area (Å²) < 4.78 is 8.30. The summed E-state index contributed by atoms with van der Waals surface area (Å²) in [5.74, 6) is 0. The summed E-state index contributed by atoms with van der Waals surface area (Å²) in [6.45, 7) is 0. The standard InChI is InChI=1S/Cr.3O.Sb/q+3;;2*-2;+1. The Bertz CT molecular complexity index is 6.85. The zero-order chi connectivity index (χ0) is 2.00. The molecule has 0 spiro atoms. The van der Waals surface area contributed by atoms with E-state index < -0.39 is 0 Å². The van der Waals surface area contributed by atoms with Crippen LogP contribution in [-0.2, 0) is 31.3 Å². The first-order valence-corrected chi connectivity index (χ1v) is 1.22. The van der Waals surface area contributed by atoms with Gasteiger partial charge in [0.15, 0.2) is 0 Å². The van der Waals surface area contributed by atoms with Crippen molar-refractivity contribution in [2.75, 3.05) is 0 Å². The van der Waals surface area contributed by atoms with E-state index in [9.17, 15) is 0 Å². The van der Waals surface area contributed by atoms with Crippen LogP contribution in [0.5, 0.6) is 0 Å². The van der Waals surface area contributed by atoms with Crippen molar-refractivity contribution in [2.24, 2.45) is 0 Å². The van der Waals surface area contributed by atoms with Crippen LogP contribution in [0.25, 0.3) is 0 Å². The summed E-state index contributed by atoms with van der Waals surface area (Å²) in [4.78, 5) is 0. The van der Waals surface area contributed by atoms with Gasteiger partial charge in [-0.05, 0) is 0 Å². The van der Waals surface area contributed by atoms with E-state index in [4.69, 9.17) is 3.02 Å². The van der Waals surface area contributed by atoms with Gasteiger partial charge in [-0.3, -0.25) is 0 Å². The molecule has 0 amide bonds. The fraction of sp³-hybridized carbons (Fsp3) is 0. The monoisotopic (exact) mass is 221 g/mol. The third-order valence-electron chi connectivity index (χ3n) is 0. The van der Waals surface area contributed by atoms with E-state index >= 15 is 0 Å². The number of rotatable bonds is 0. The molecule has 0 saturated carbocycles. The molecule has 0 aliphatic heterocycles. The van der Waals surface area contributed by atoms with Gasteiger partial charge in [0.1, 0.15) is 0 Å². The second-order valence-electron chi connectivity index (χ2n) is 0. The van der Waals surface area contributed by atoms with Crippen LogP contribution in [0.15, 0.2) is 0 Å². The zero-order valence-corrected chi connectivity index (χ0v) is 5.91. The maximum atomic E-state index is 8.30. The molecular formula is CrO3Sb. The Hall–Kier alpha value is 1.07. The van der Waals surface area contributed by atoms with Crippen molar-refractivity contribution in [3.8, 4) is 0 Å². The van der Waals surface area contributed by atoms with E-state index in [2.05, 4.69) is 0 Å². The zero-order valence-electron chi connectivity index (χ0n) is 2.08. The first-order valence-electron chi connectivity index (χ1n) is 0.183. The minimum atomic E-state index is 0. The van der Waals surface area contributed by atoms with Crippen molar-refractivity contribution in [1.29, 1.82) is 0 Å². The molecule has 0 aliphatic rings. The van der Waals surface area contributed by atoms with Gasteiger partial charge in [0, 0.05) is 0 Å². The summed E-state index contributed by atoms with van der Waals surface area (Å²) in [6.07, 6.45) is 0. The van der Waals surface area contributed by atoms with E-state index in [1.165, 1.54) is 0 Å². The topological polar surface area (TPSA) is 74.1 Å². The third-order valence-corrected chi connectivity index (χ3v) is 0. The van der Waals surface area contributed by atoms with Crippen LogP contribution >= 0.6 is 0 Å². The quantitative estimate of drug-likeness (QED) is 0.497. The van der Waals surface area contributed by atoms with Gasteiger partial charge in [-0.2, -0.15) is 0 Å². The van der Waals surface area contributed by atoms with Crippen molar-refractivity contribution < 1.29 is 31.3 Å². The molecule has 3 radical (unpaired) electrons. The molecule has 0 N–H and O–H groups in total. The Morgan fingerprint density at radius 1 is 1.00 bits per heavy atom. The molecule has 0 aliphatic carbocycles. The second-order valence-corrected chi connectivity index (χ2v) is 0. The summed E-state index contributed by atoms with van der Waals surface area (Å²) in [5.41, 5.74) is 0. The van der Waals surface area contributed by atoms with Gasteiger partial charge >= 0.3 is 43.4 Å². The summed E-state index contributed by atoms with van der Waals surface area (Å²) in [7, 11) is 0.